The topological polar surface area (TPSA) is 82.7 Å². The van der Waals surface area contributed by atoms with E-state index < -0.39 is 0 Å². The Morgan fingerprint density at radius 1 is 1.35 bits per heavy atom. The second-order valence-corrected chi connectivity index (χ2v) is 5.11. The summed E-state index contributed by atoms with van der Waals surface area (Å²) >= 11 is 0. The molecular weight excluding hydrogens is 254 g/mol. The lowest BCUT2D eigenvalue weighted by molar-refractivity contribution is -0.121. The van der Waals surface area contributed by atoms with Crippen LogP contribution < -0.4 is 10.6 Å². The van der Waals surface area contributed by atoms with Crippen molar-refractivity contribution in [3.8, 4) is 11.4 Å². The van der Waals surface area contributed by atoms with Crippen molar-refractivity contribution in [1.82, 2.24) is 20.5 Å². The molecule has 104 valence electrons. The number of aromatic nitrogens is 3. The van der Waals surface area contributed by atoms with Crippen LogP contribution in [-0.4, -0.2) is 34.2 Å². The molecule has 3 rings (SSSR count). The predicted octanol–water partition coefficient (Wildman–Crippen LogP) is 1.27. The molecule has 0 saturated carbocycles. The predicted molar refractivity (Wildman–Crippen MR) is 76.0 cm³/mol. The third-order valence-corrected chi connectivity index (χ3v) is 3.77. The first kappa shape index (κ1) is 12.8. The van der Waals surface area contributed by atoms with E-state index in [-0.39, 0.29) is 11.8 Å². The first-order valence-electron chi connectivity index (χ1n) is 6.71. The van der Waals surface area contributed by atoms with E-state index in [0.29, 0.717) is 5.92 Å². The molecule has 2 aromatic rings. The molecular formula is C14H17N5O. The minimum atomic E-state index is 0.0326. The van der Waals surface area contributed by atoms with Crippen molar-refractivity contribution >= 4 is 11.6 Å². The van der Waals surface area contributed by atoms with Crippen molar-refractivity contribution in [3.05, 3.63) is 30.6 Å². The van der Waals surface area contributed by atoms with E-state index in [2.05, 4.69) is 25.8 Å². The largest absolute Gasteiger partial charge is 0.326 e. The highest BCUT2D eigenvalue weighted by Gasteiger charge is 2.28. The zero-order valence-corrected chi connectivity index (χ0v) is 11.3. The van der Waals surface area contributed by atoms with Gasteiger partial charge in [0.1, 0.15) is 6.33 Å². The van der Waals surface area contributed by atoms with Crippen LogP contribution in [0.4, 0.5) is 5.69 Å². The second-order valence-electron chi connectivity index (χ2n) is 5.11. The lowest BCUT2D eigenvalue weighted by atomic mass is 9.88. The molecule has 20 heavy (non-hydrogen) atoms. The number of benzene rings is 1. The summed E-state index contributed by atoms with van der Waals surface area (Å²) in [6, 6.07) is 7.57. The number of amides is 1. The maximum absolute atomic E-state index is 12.1. The molecule has 1 saturated heterocycles. The molecule has 0 radical (unpaired) electrons. The van der Waals surface area contributed by atoms with Gasteiger partial charge in [0.25, 0.3) is 0 Å². The molecule has 1 fully saturated rings. The smallest absolute Gasteiger partial charge is 0.227 e. The van der Waals surface area contributed by atoms with E-state index in [1.807, 2.05) is 31.2 Å². The highest BCUT2D eigenvalue weighted by molar-refractivity contribution is 5.92. The van der Waals surface area contributed by atoms with Crippen molar-refractivity contribution in [2.24, 2.45) is 11.8 Å². The molecule has 2 heterocycles. The summed E-state index contributed by atoms with van der Waals surface area (Å²) in [5.74, 6) is 1.27. The van der Waals surface area contributed by atoms with Crippen LogP contribution in [0.1, 0.15) is 6.92 Å². The minimum Gasteiger partial charge on any atom is -0.326 e. The molecule has 3 N–H and O–H groups in total. The number of H-pyrrole nitrogens is 1. The Balaban J connectivity index is 1.64. The van der Waals surface area contributed by atoms with Crippen molar-refractivity contribution in [2.45, 2.75) is 6.92 Å². The van der Waals surface area contributed by atoms with Gasteiger partial charge in [-0.1, -0.05) is 6.92 Å². The molecule has 0 bridgehead atoms. The molecule has 1 aromatic carbocycles. The number of anilines is 1. The van der Waals surface area contributed by atoms with E-state index in [9.17, 15) is 4.79 Å². The number of carbonyl (C=O) groups is 1. The lowest BCUT2D eigenvalue weighted by Crippen LogP contribution is -2.48. The van der Waals surface area contributed by atoms with E-state index in [1.54, 1.807) is 0 Å². The average molecular weight is 271 g/mol. The zero-order chi connectivity index (χ0) is 13.9. The summed E-state index contributed by atoms with van der Waals surface area (Å²) < 4.78 is 0. The summed E-state index contributed by atoms with van der Waals surface area (Å²) in [4.78, 5) is 16.2. The summed E-state index contributed by atoms with van der Waals surface area (Å²) in [6.45, 7) is 3.84. The van der Waals surface area contributed by atoms with E-state index in [1.165, 1.54) is 6.33 Å². The molecule has 1 aliphatic rings. The molecule has 6 heteroatoms. The Labute approximate surface area is 117 Å². The van der Waals surface area contributed by atoms with Gasteiger partial charge in [-0.15, -0.1) is 0 Å². The molecule has 1 aliphatic heterocycles. The van der Waals surface area contributed by atoms with Crippen LogP contribution >= 0.6 is 0 Å². The fourth-order valence-electron chi connectivity index (χ4n) is 2.19. The molecule has 1 aromatic heterocycles. The van der Waals surface area contributed by atoms with Crippen molar-refractivity contribution in [3.63, 3.8) is 0 Å². The van der Waals surface area contributed by atoms with Crippen LogP contribution in [0.2, 0.25) is 0 Å². The van der Waals surface area contributed by atoms with Gasteiger partial charge in [0.05, 0.1) is 0 Å². The Bertz CT molecular complexity index is 574. The Kier molecular flexibility index (Phi) is 3.47. The number of nitrogens with one attached hydrogen (secondary N) is 3. The fraction of sp³-hybridized carbons (Fsp3) is 0.357. The summed E-state index contributed by atoms with van der Waals surface area (Å²) in [6.07, 6.45) is 1.47. The van der Waals surface area contributed by atoms with Crippen LogP contribution in [0, 0.1) is 11.8 Å². The van der Waals surface area contributed by atoms with Crippen LogP contribution in [0.25, 0.3) is 11.4 Å². The quantitative estimate of drug-likeness (QED) is 0.782. The van der Waals surface area contributed by atoms with Gasteiger partial charge in [0.15, 0.2) is 5.82 Å². The molecule has 1 amide bonds. The number of carbonyl (C=O) groups excluding carboxylic acids is 1. The van der Waals surface area contributed by atoms with Gasteiger partial charge in [0, 0.05) is 17.2 Å². The normalized spacial score (nSPS) is 16.4. The summed E-state index contributed by atoms with van der Waals surface area (Å²) in [5.41, 5.74) is 1.74. The molecule has 1 unspecified atom stereocenters. The van der Waals surface area contributed by atoms with Gasteiger partial charge in [-0.05, 0) is 43.3 Å². The van der Waals surface area contributed by atoms with Gasteiger partial charge in [-0.2, -0.15) is 5.10 Å². The van der Waals surface area contributed by atoms with Crippen molar-refractivity contribution in [2.75, 3.05) is 18.4 Å². The van der Waals surface area contributed by atoms with Crippen LogP contribution in [-0.2, 0) is 4.79 Å². The van der Waals surface area contributed by atoms with Gasteiger partial charge in [-0.3, -0.25) is 9.89 Å². The highest BCUT2D eigenvalue weighted by atomic mass is 16.1. The Morgan fingerprint density at radius 3 is 2.65 bits per heavy atom. The van der Waals surface area contributed by atoms with Crippen molar-refractivity contribution in [1.29, 1.82) is 0 Å². The van der Waals surface area contributed by atoms with E-state index >= 15 is 0 Å². The zero-order valence-electron chi connectivity index (χ0n) is 11.3. The Hall–Kier alpha value is -2.21. The third kappa shape index (κ3) is 2.55. The number of hydrogen-bond acceptors (Lipinski definition) is 4. The van der Waals surface area contributed by atoms with Crippen LogP contribution in [0.3, 0.4) is 0 Å². The number of rotatable bonds is 4. The number of aromatic amines is 1. The van der Waals surface area contributed by atoms with Gasteiger partial charge in [-0.25, -0.2) is 4.98 Å². The van der Waals surface area contributed by atoms with Gasteiger partial charge >= 0.3 is 0 Å². The number of hydrogen-bond donors (Lipinski definition) is 3. The van der Waals surface area contributed by atoms with Crippen molar-refractivity contribution < 1.29 is 4.79 Å². The standard InChI is InChI=1S/C14H17N5O/c1-9(11-6-15-7-11)14(20)18-12-4-2-10(3-5-12)13-16-8-17-19-13/h2-5,8-9,11,15H,6-7H2,1H3,(H,18,20)(H,16,17,19). The van der Waals surface area contributed by atoms with Crippen LogP contribution in [0.5, 0.6) is 0 Å². The van der Waals surface area contributed by atoms with E-state index in [4.69, 9.17) is 0 Å². The van der Waals surface area contributed by atoms with E-state index in [0.717, 1.165) is 30.2 Å². The fourth-order valence-corrected chi connectivity index (χ4v) is 2.19. The van der Waals surface area contributed by atoms with Gasteiger partial charge in [0.2, 0.25) is 5.91 Å². The Morgan fingerprint density at radius 2 is 2.10 bits per heavy atom. The maximum atomic E-state index is 12.1. The lowest BCUT2D eigenvalue weighted by Gasteiger charge is -2.31. The third-order valence-electron chi connectivity index (χ3n) is 3.77. The molecule has 1 atom stereocenters. The SMILES string of the molecule is CC(C(=O)Nc1ccc(-c2ncn[nH]2)cc1)C1CNC1. The summed E-state index contributed by atoms with van der Waals surface area (Å²) in [5, 5.41) is 12.8. The molecule has 0 aliphatic carbocycles. The van der Waals surface area contributed by atoms with Gasteiger partial charge < -0.3 is 10.6 Å². The molecule has 6 nitrogen and oxygen atoms in total. The second kappa shape index (κ2) is 5.42. The highest BCUT2D eigenvalue weighted by Crippen LogP contribution is 2.20. The molecule has 0 spiro atoms. The monoisotopic (exact) mass is 271 g/mol. The first-order chi connectivity index (χ1) is 9.74. The first-order valence-corrected chi connectivity index (χ1v) is 6.71. The minimum absolute atomic E-state index is 0.0326. The average Bonchev–Trinajstić information content (AvgIpc) is 2.91. The summed E-state index contributed by atoms with van der Waals surface area (Å²) in [7, 11) is 0. The number of nitrogens with zero attached hydrogens (tertiary/aromatic N) is 2. The van der Waals surface area contributed by atoms with Crippen LogP contribution in [0.15, 0.2) is 30.6 Å². The maximum Gasteiger partial charge on any atom is 0.227 e.